The molecule has 0 saturated heterocycles. The van der Waals surface area contributed by atoms with Gasteiger partial charge in [-0.15, -0.1) is 0 Å². The molecule has 0 aliphatic heterocycles. The second kappa shape index (κ2) is 8.26. The summed E-state index contributed by atoms with van der Waals surface area (Å²) in [7, 11) is 0. The molecule has 25 heavy (non-hydrogen) atoms. The van der Waals surface area contributed by atoms with Gasteiger partial charge in [-0.05, 0) is 64.9 Å². The molecule has 5 nitrogen and oxygen atoms in total. The molecule has 2 aromatic carbocycles. The molecule has 6 heteroatoms. The van der Waals surface area contributed by atoms with Crippen LogP contribution < -0.4 is 5.32 Å². The maximum atomic E-state index is 9.69. The minimum absolute atomic E-state index is 0.00253. The summed E-state index contributed by atoms with van der Waals surface area (Å²) in [5.74, 6) is 1.33. The van der Waals surface area contributed by atoms with E-state index in [4.69, 9.17) is 0 Å². The Labute approximate surface area is 159 Å². The highest BCUT2D eigenvalue weighted by Gasteiger charge is 2.11. The number of nitrogens with zero attached hydrogens (tertiary/aromatic N) is 2. The van der Waals surface area contributed by atoms with Crippen molar-refractivity contribution >= 4 is 28.4 Å². The molecule has 1 heterocycles. The zero-order valence-corrected chi connectivity index (χ0v) is 15.6. The van der Waals surface area contributed by atoms with Gasteiger partial charge in [-0.3, -0.25) is 0 Å². The molecule has 1 aromatic heterocycles. The number of benzene rings is 2. The molecule has 3 rings (SSSR count). The number of hydrogen-bond donors (Lipinski definition) is 3. The Bertz CT molecular complexity index is 840. The quantitative estimate of drug-likeness (QED) is 0.505. The zero-order chi connectivity index (χ0) is 17.6. The summed E-state index contributed by atoms with van der Waals surface area (Å²) in [5, 5.41) is 22.5. The molecule has 128 valence electrons. The third-order valence-electron chi connectivity index (χ3n) is 3.73. The highest BCUT2D eigenvalue weighted by molar-refractivity contribution is 14.1. The van der Waals surface area contributed by atoms with E-state index in [1.54, 1.807) is 30.5 Å². The summed E-state index contributed by atoms with van der Waals surface area (Å²) in [5.41, 5.74) is 1.89. The number of phenolic OH excluding ortho intramolecular Hbond substituents is 1. The SMILES string of the molecule is OCC(Cc1ccc(I)cc1)Nc1ccnc(-c2cccc(O)c2)n1. The maximum Gasteiger partial charge on any atom is 0.161 e. The Morgan fingerprint density at radius 2 is 1.88 bits per heavy atom. The molecule has 0 aliphatic carbocycles. The fraction of sp³-hybridized carbons (Fsp3) is 0.158. The van der Waals surface area contributed by atoms with E-state index in [1.165, 1.54) is 3.57 Å². The Hall–Kier alpha value is -2.19. The standard InChI is InChI=1S/C19H18IN3O2/c20-15-6-4-13(5-7-15)10-16(12-24)22-18-8-9-21-19(23-18)14-2-1-3-17(25)11-14/h1-9,11,16,24-25H,10,12H2,(H,21,22,23). The van der Waals surface area contributed by atoms with Crippen molar-refractivity contribution < 1.29 is 10.2 Å². The number of anilines is 1. The number of aliphatic hydroxyl groups is 1. The van der Waals surface area contributed by atoms with E-state index in [1.807, 2.05) is 6.07 Å². The molecule has 0 radical (unpaired) electrons. The first-order valence-corrected chi connectivity index (χ1v) is 8.96. The lowest BCUT2D eigenvalue weighted by Gasteiger charge is -2.17. The second-order valence-corrected chi connectivity index (χ2v) is 6.92. The number of phenols is 1. The molecule has 0 amide bonds. The second-order valence-electron chi connectivity index (χ2n) is 5.67. The van der Waals surface area contributed by atoms with Crippen LogP contribution in [0.2, 0.25) is 0 Å². The number of nitrogens with one attached hydrogen (secondary N) is 1. The highest BCUT2D eigenvalue weighted by atomic mass is 127. The molecule has 0 spiro atoms. The molecule has 0 bridgehead atoms. The van der Waals surface area contributed by atoms with Gasteiger partial charge >= 0.3 is 0 Å². The first-order valence-electron chi connectivity index (χ1n) is 7.88. The molecule has 0 aliphatic rings. The molecular formula is C19H18IN3O2. The van der Waals surface area contributed by atoms with E-state index in [0.717, 1.165) is 11.1 Å². The van der Waals surface area contributed by atoms with Crippen molar-refractivity contribution in [2.45, 2.75) is 12.5 Å². The molecule has 1 unspecified atom stereocenters. The normalized spacial score (nSPS) is 11.9. The third-order valence-corrected chi connectivity index (χ3v) is 4.45. The lowest BCUT2D eigenvalue weighted by Crippen LogP contribution is -2.27. The lowest BCUT2D eigenvalue weighted by atomic mass is 10.1. The average molecular weight is 447 g/mol. The fourth-order valence-corrected chi connectivity index (χ4v) is 2.86. The number of rotatable bonds is 6. The predicted molar refractivity (Wildman–Crippen MR) is 106 cm³/mol. The van der Waals surface area contributed by atoms with Crippen molar-refractivity contribution in [1.82, 2.24) is 9.97 Å². The number of aromatic hydroxyl groups is 1. The Morgan fingerprint density at radius 1 is 1.08 bits per heavy atom. The van der Waals surface area contributed by atoms with Gasteiger partial charge < -0.3 is 15.5 Å². The third kappa shape index (κ3) is 4.90. The summed E-state index contributed by atoms with van der Waals surface area (Å²) in [4.78, 5) is 8.73. The molecular weight excluding hydrogens is 429 g/mol. The van der Waals surface area contributed by atoms with Crippen LogP contribution in [-0.2, 0) is 6.42 Å². The maximum absolute atomic E-state index is 9.69. The van der Waals surface area contributed by atoms with E-state index in [0.29, 0.717) is 18.1 Å². The van der Waals surface area contributed by atoms with Crippen LogP contribution in [0, 0.1) is 3.57 Å². The van der Waals surface area contributed by atoms with E-state index >= 15 is 0 Å². The zero-order valence-electron chi connectivity index (χ0n) is 13.4. The number of halogens is 1. The van der Waals surface area contributed by atoms with E-state index in [2.05, 4.69) is 62.1 Å². The van der Waals surface area contributed by atoms with Gasteiger partial charge in [0.25, 0.3) is 0 Å². The summed E-state index contributed by atoms with van der Waals surface area (Å²) < 4.78 is 1.18. The van der Waals surface area contributed by atoms with Crippen molar-refractivity contribution in [3.63, 3.8) is 0 Å². The largest absolute Gasteiger partial charge is 0.508 e. The van der Waals surface area contributed by atoms with Crippen molar-refractivity contribution in [2.24, 2.45) is 0 Å². The number of aromatic nitrogens is 2. The topological polar surface area (TPSA) is 78.3 Å². The lowest BCUT2D eigenvalue weighted by molar-refractivity contribution is 0.273. The van der Waals surface area contributed by atoms with Gasteiger partial charge in [0.05, 0.1) is 12.6 Å². The van der Waals surface area contributed by atoms with Gasteiger partial charge in [-0.25, -0.2) is 9.97 Å². The van der Waals surface area contributed by atoms with Crippen molar-refractivity contribution in [3.05, 3.63) is 69.9 Å². The first-order chi connectivity index (χ1) is 12.1. The van der Waals surface area contributed by atoms with Gasteiger partial charge in [-0.2, -0.15) is 0 Å². The minimum atomic E-state index is -0.146. The Kier molecular flexibility index (Phi) is 5.83. The van der Waals surface area contributed by atoms with Crippen LogP contribution >= 0.6 is 22.6 Å². The summed E-state index contributed by atoms with van der Waals surface area (Å²) in [6.07, 6.45) is 2.35. The minimum Gasteiger partial charge on any atom is -0.508 e. The summed E-state index contributed by atoms with van der Waals surface area (Å²) >= 11 is 2.27. The van der Waals surface area contributed by atoms with Crippen LogP contribution in [-0.4, -0.2) is 32.8 Å². The van der Waals surface area contributed by atoms with Crippen molar-refractivity contribution in [1.29, 1.82) is 0 Å². The first kappa shape index (κ1) is 17.6. The molecule has 0 fully saturated rings. The van der Waals surface area contributed by atoms with Crippen LogP contribution in [0.1, 0.15) is 5.56 Å². The van der Waals surface area contributed by atoms with Gasteiger partial charge in [0.1, 0.15) is 11.6 Å². The molecule has 3 aromatic rings. The van der Waals surface area contributed by atoms with Crippen molar-refractivity contribution in [3.8, 4) is 17.1 Å². The van der Waals surface area contributed by atoms with Crippen LogP contribution in [0.15, 0.2) is 60.8 Å². The predicted octanol–water partition coefficient (Wildman–Crippen LogP) is 3.47. The van der Waals surface area contributed by atoms with Crippen molar-refractivity contribution in [2.75, 3.05) is 11.9 Å². The number of hydrogen-bond acceptors (Lipinski definition) is 5. The Morgan fingerprint density at radius 3 is 2.60 bits per heavy atom. The summed E-state index contributed by atoms with van der Waals surface area (Å²) in [6, 6.07) is 16.7. The van der Waals surface area contributed by atoms with Crippen LogP contribution in [0.25, 0.3) is 11.4 Å². The Balaban J connectivity index is 1.74. The smallest absolute Gasteiger partial charge is 0.161 e. The van der Waals surface area contributed by atoms with E-state index in [9.17, 15) is 10.2 Å². The molecule has 0 saturated carbocycles. The molecule has 1 atom stereocenters. The molecule has 3 N–H and O–H groups in total. The summed E-state index contributed by atoms with van der Waals surface area (Å²) in [6.45, 7) is -0.00253. The van der Waals surface area contributed by atoms with Crippen LogP contribution in [0.3, 0.4) is 0 Å². The average Bonchev–Trinajstić information content (AvgIpc) is 2.63. The van der Waals surface area contributed by atoms with Crippen LogP contribution in [0.4, 0.5) is 5.82 Å². The van der Waals surface area contributed by atoms with Gasteiger partial charge in [0, 0.05) is 15.3 Å². The van der Waals surface area contributed by atoms with Gasteiger partial charge in [0.15, 0.2) is 5.82 Å². The van der Waals surface area contributed by atoms with Crippen LogP contribution in [0.5, 0.6) is 5.75 Å². The van der Waals surface area contributed by atoms with Gasteiger partial charge in [0.2, 0.25) is 0 Å². The fourth-order valence-electron chi connectivity index (χ4n) is 2.50. The number of aliphatic hydroxyl groups excluding tert-OH is 1. The van der Waals surface area contributed by atoms with E-state index < -0.39 is 0 Å². The van der Waals surface area contributed by atoms with E-state index in [-0.39, 0.29) is 18.4 Å². The van der Waals surface area contributed by atoms with Gasteiger partial charge in [-0.1, -0.05) is 24.3 Å². The highest BCUT2D eigenvalue weighted by Crippen LogP contribution is 2.21. The monoisotopic (exact) mass is 447 g/mol.